The van der Waals surface area contributed by atoms with E-state index in [1.54, 1.807) is 36.4 Å². The van der Waals surface area contributed by atoms with Crippen molar-refractivity contribution < 1.29 is 9.53 Å². The summed E-state index contributed by atoms with van der Waals surface area (Å²) in [5, 5.41) is 5.24. The number of benzene rings is 3. The highest BCUT2D eigenvalue weighted by atomic mass is 79.9. The lowest BCUT2D eigenvalue weighted by Gasteiger charge is -2.10. The number of carbonyl (C=O) groups excluding carboxylic acids is 1. The number of hydrogen-bond acceptors (Lipinski definition) is 3. The van der Waals surface area contributed by atoms with Gasteiger partial charge in [-0.3, -0.25) is 4.79 Å². The number of nitrogens with zero attached hydrogens (tertiary/aromatic N) is 1. The first-order valence-corrected chi connectivity index (χ1v) is 9.82. The fraction of sp³-hybridized carbons (Fsp3) is 0.0476. The van der Waals surface area contributed by atoms with Crippen LogP contribution in [-0.4, -0.2) is 12.1 Å². The van der Waals surface area contributed by atoms with Crippen LogP contribution in [0.4, 0.5) is 0 Å². The minimum absolute atomic E-state index is 0.325. The molecule has 0 fully saturated rings. The minimum atomic E-state index is -0.325. The van der Waals surface area contributed by atoms with E-state index in [-0.39, 0.29) is 5.91 Å². The zero-order chi connectivity index (χ0) is 19.9. The lowest BCUT2D eigenvalue weighted by atomic mass is 10.2. The van der Waals surface area contributed by atoms with Crippen LogP contribution < -0.4 is 10.2 Å². The molecule has 3 rings (SSSR count). The Hall–Kier alpha value is -2.34. The summed E-state index contributed by atoms with van der Waals surface area (Å²) in [5.74, 6) is 0.271. The predicted octanol–water partition coefficient (Wildman–Crippen LogP) is 6.10. The molecule has 4 nitrogen and oxygen atoms in total. The Bertz CT molecular complexity index is 1010. The van der Waals surface area contributed by atoms with Crippen LogP contribution in [0.15, 0.2) is 76.3 Å². The summed E-state index contributed by atoms with van der Waals surface area (Å²) < 4.78 is 6.56. The van der Waals surface area contributed by atoms with Gasteiger partial charge in [0, 0.05) is 20.1 Å². The average Bonchev–Trinajstić information content (AvgIpc) is 2.69. The summed E-state index contributed by atoms with van der Waals surface area (Å²) >= 11 is 15.3. The van der Waals surface area contributed by atoms with Crippen LogP contribution in [0, 0.1) is 0 Å². The third-order valence-electron chi connectivity index (χ3n) is 3.77. The summed E-state index contributed by atoms with van der Waals surface area (Å²) in [5.41, 5.74) is 4.62. The number of hydrogen-bond donors (Lipinski definition) is 1. The first kappa shape index (κ1) is 20.4. The van der Waals surface area contributed by atoms with Crippen molar-refractivity contribution in [1.82, 2.24) is 5.43 Å². The van der Waals surface area contributed by atoms with Crippen LogP contribution in [0.25, 0.3) is 0 Å². The lowest BCUT2D eigenvalue weighted by Crippen LogP contribution is -2.18. The van der Waals surface area contributed by atoms with Crippen molar-refractivity contribution in [3.05, 3.63) is 97.9 Å². The first-order chi connectivity index (χ1) is 13.5. The molecule has 0 aliphatic carbocycles. The second-order valence-electron chi connectivity index (χ2n) is 5.78. The van der Waals surface area contributed by atoms with E-state index < -0.39 is 0 Å². The number of ether oxygens (including phenoxy) is 1. The van der Waals surface area contributed by atoms with Crippen LogP contribution >= 0.6 is 39.1 Å². The first-order valence-electron chi connectivity index (χ1n) is 8.27. The van der Waals surface area contributed by atoms with E-state index >= 15 is 0 Å². The Labute approximate surface area is 181 Å². The van der Waals surface area contributed by atoms with Crippen LogP contribution in [-0.2, 0) is 6.61 Å². The van der Waals surface area contributed by atoms with Gasteiger partial charge in [-0.05, 0) is 64.0 Å². The van der Waals surface area contributed by atoms with Gasteiger partial charge in [0.1, 0.15) is 12.4 Å². The van der Waals surface area contributed by atoms with Gasteiger partial charge in [0.05, 0.1) is 11.8 Å². The number of rotatable bonds is 6. The van der Waals surface area contributed by atoms with Gasteiger partial charge in [0.25, 0.3) is 5.91 Å². The molecule has 142 valence electrons. The highest BCUT2D eigenvalue weighted by Gasteiger charge is 2.08. The summed E-state index contributed by atoms with van der Waals surface area (Å²) in [4.78, 5) is 12.2. The molecule has 0 atom stereocenters. The smallest absolute Gasteiger partial charge is 0.272 e. The number of nitrogens with one attached hydrogen (secondary N) is 1. The Morgan fingerprint density at radius 2 is 1.75 bits per heavy atom. The topological polar surface area (TPSA) is 50.7 Å². The quantitative estimate of drug-likeness (QED) is 0.344. The molecule has 28 heavy (non-hydrogen) atoms. The molecular weight excluding hydrogens is 463 g/mol. The maximum atomic E-state index is 12.2. The van der Waals surface area contributed by atoms with Gasteiger partial charge < -0.3 is 4.74 Å². The zero-order valence-electron chi connectivity index (χ0n) is 14.5. The maximum absolute atomic E-state index is 12.2. The fourth-order valence-electron chi connectivity index (χ4n) is 2.36. The normalized spacial score (nSPS) is 10.8. The molecule has 7 heteroatoms. The van der Waals surface area contributed by atoms with Crippen molar-refractivity contribution in [2.45, 2.75) is 6.61 Å². The standard InChI is InChI=1S/C21H15BrCl2N2O2/c22-19-4-2-1-3-18(19)21(27)26-25-12-15-11-17(24)9-10-20(15)28-13-14-5-7-16(23)8-6-14/h1-12H,13H2,(H,26,27)/b25-12+. The molecule has 1 amide bonds. The molecule has 1 N–H and O–H groups in total. The van der Waals surface area contributed by atoms with E-state index in [0.717, 1.165) is 5.56 Å². The van der Waals surface area contributed by atoms with Gasteiger partial charge in [-0.15, -0.1) is 0 Å². The monoisotopic (exact) mass is 476 g/mol. The Morgan fingerprint density at radius 1 is 1.04 bits per heavy atom. The highest BCUT2D eigenvalue weighted by Crippen LogP contribution is 2.23. The van der Waals surface area contributed by atoms with Crippen LogP contribution in [0.2, 0.25) is 10.0 Å². The molecule has 0 aliphatic rings. The third kappa shape index (κ3) is 5.58. The summed E-state index contributed by atoms with van der Waals surface area (Å²) in [6, 6.07) is 19.7. The second-order valence-corrected chi connectivity index (χ2v) is 7.50. The third-order valence-corrected chi connectivity index (χ3v) is 4.95. The van der Waals surface area contributed by atoms with E-state index in [0.29, 0.717) is 38.0 Å². The summed E-state index contributed by atoms with van der Waals surface area (Å²) in [7, 11) is 0. The van der Waals surface area contributed by atoms with Gasteiger partial charge in [0.2, 0.25) is 0 Å². The lowest BCUT2D eigenvalue weighted by molar-refractivity contribution is 0.0954. The largest absolute Gasteiger partial charge is 0.488 e. The molecule has 0 aliphatic heterocycles. The molecule has 0 unspecified atom stereocenters. The molecule has 3 aromatic rings. The summed E-state index contributed by atoms with van der Waals surface area (Å²) in [6.07, 6.45) is 1.50. The molecule has 0 radical (unpaired) electrons. The van der Waals surface area contributed by atoms with Crippen molar-refractivity contribution in [2.24, 2.45) is 5.10 Å². The van der Waals surface area contributed by atoms with Crippen molar-refractivity contribution in [1.29, 1.82) is 0 Å². The van der Waals surface area contributed by atoms with E-state index in [9.17, 15) is 4.79 Å². The van der Waals surface area contributed by atoms with Gasteiger partial charge >= 0.3 is 0 Å². The molecule has 0 bridgehead atoms. The molecule has 0 aromatic heterocycles. The van der Waals surface area contributed by atoms with Crippen molar-refractivity contribution in [3.8, 4) is 5.75 Å². The molecule has 0 spiro atoms. The minimum Gasteiger partial charge on any atom is -0.488 e. The zero-order valence-corrected chi connectivity index (χ0v) is 17.6. The van der Waals surface area contributed by atoms with Crippen molar-refractivity contribution in [3.63, 3.8) is 0 Å². The van der Waals surface area contributed by atoms with Crippen LogP contribution in [0.1, 0.15) is 21.5 Å². The number of halogens is 3. The molecule has 0 saturated heterocycles. The molecule has 0 heterocycles. The van der Waals surface area contributed by atoms with Gasteiger partial charge in [0.15, 0.2) is 0 Å². The SMILES string of the molecule is O=C(N/N=C/c1cc(Cl)ccc1OCc1ccc(Cl)cc1)c1ccccc1Br. The Balaban J connectivity index is 1.69. The van der Waals surface area contributed by atoms with Gasteiger partial charge in [-0.2, -0.15) is 5.10 Å². The Morgan fingerprint density at radius 3 is 2.50 bits per heavy atom. The molecule has 3 aromatic carbocycles. The summed E-state index contributed by atoms with van der Waals surface area (Å²) in [6.45, 7) is 0.364. The van der Waals surface area contributed by atoms with Gasteiger partial charge in [-0.25, -0.2) is 5.43 Å². The highest BCUT2D eigenvalue weighted by molar-refractivity contribution is 9.10. The fourth-order valence-corrected chi connectivity index (χ4v) is 3.13. The number of carbonyl (C=O) groups is 1. The Kier molecular flexibility index (Phi) is 7.09. The van der Waals surface area contributed by atoms with E-state index in [2.05, 4.69) is 26.5 Å². The number of hydrazone groups is 1. The maximum Gasteiger partial charge on any atom is 0.272 e. The number of amides is 1. The van der Waals surface area contributed by atoms with E-state index in [4.69, 9.17) is 27.9 Å². The second kappa shape index (κ2) is 9.73. The van der Waals surface area contributed by atoms with Crippen LogP contribution in [0.3, 0.4) is 0 Å². The average molecular weight is 478 g/mol. The van der Waals surface area contributed by atoms with Crippen LogP contribution in [0.5, 0.6) is 5.75 Å². The van der Waals surface area contributed by atoms with Gasteiger partial charge in [-0.1, -0.05) is 47.5 Å². The molecular formula is C21H15BrCl2N2O2. The molecule has 0 saturated carbocycles. The van der Waals surface area contributed by atoms with Crippen molar-refractivity contribution >= 4 is 51.3 Å². The van der Waals surface area contributed by atoms with Crippen molar-refractivity contribution in [2.75, 3.05) is 0 Å². The van der Waals surface area contributed by atoms with E-state index in [1.807, 2.05) is 30.3 Å². The predicted molar refractivity (Wildman–Crippen MR) is 116 cm³/mol. The van der Waals surface area contributed by atoms with E-state index in [1.165, 1.54) is 6.21 Å².